The fourth-order valence-corrected chi connectivity index (χ4v) is 2.48. The molecule has 4 heteroatoms. The zero-order valence-electron chi connectivity index (χ0n) is 8.96. The summed E-state index contributed by atoms with van der Waals surface area (Å²) >= 11 is 3.34. The van der Waals surface area contributed by atoms with E-state index in [1.54, 1.807) is 12.1 Å². The number of rotatable bonds is 2. The van der Waals surface area contributed by atoms with Gasteiger partial charge in [-0.3, -0.25) is 0 Å². The highest BCUT2D eigenvalue weighted by Crippen LogP contribution is 2.30. The summed E-state index contributed by atoms with van der Waals surface area (Å²) in [5.41, 5.74) is 6.72. The zero-order chi connectivity index (χ0) is 11.5. The van der Waals surface area contributed by atoms with E-state index in [-0.39, 0.29) is 11.9 Å². The first-order valence-electron chi connectivity index (χ1n) is 5.47. The number of halogens is 2. The van der Waals surface area contributed by atoms with E-state index >= 15 is 0 Å². The molecule has 1 fully saturated rings. The lowest BCUT2D eigenvalue weighted by Crippen LogP contribution is -2.28. The van der Waals surface area contributed by atoms with E-state index < -0.39 is 0 Å². The second-order valence-electron chi connectivity index (χ2n) is 4.14. The molecular formula is C12H15BrFNO. The molecule has 1 atom stereocenters. The van der Waals surface area contributed by atoms with Crippen molar-refractivity contribution in [1.29, 1.82) is 0 Å². The SMILES string of the molecule is N[C@@H](c1cc(Br)ccc1F)C1CCOCC1. The van der Waals surface area contributed by atoms with Gasteiger partial charge in [0.1, 0.15) is 5.82 Å². The van der Waals surface area contributed by atoms with Crippen LogP contribution < -0.4 is 5.73 Å². The molecule has 2 N–H and O–H groups in total. The van der Waals surface area contributed by atoms with Crippen molar-refractivity contribution in [2.75, 3.05) is 13.2 Å². The van der Waals surface area contributed by atoms with Crippen LogP contribution in [0.25, 0.3) is 0 Å². The van der Waals surface area contributed by atoms with Gasteiger partial charge in [0.2, 0.25) is 0 Å². The molecule has 0 spiro atoms. The number of ether oxygens (including phenoxy) is 1. The number of hydrogen-bond acceptors (Lipinski definition) is 2. The monoisotopic (exact) mass is 287 g/mol. The molecule has 0 saturated carbocycles. The van der Waals surface area contributed by atoms with E-state index in [0.29, 0.717) is 11.5 Å². The first kappa shape index (κ1) is 12.0. The highest BCUT2D eigenvalue weighted by molar-refractivity contribution is 9.10. The summed E-state index contributed by atoms with van der Waals surface area (Å²) in [5.74, 6) is 0.0970. The van der Waals surface area contributed by atoms with Crippen LogP contribution in [0.1, 0.15) is 24.4 Å². The summed E-state index contributed by atoms with van der Waals surface area (Å²) in [7, 11) is 0. The van der Waals surface area contributed by atoms with Crippen molar-refractivity contribution in [2.45, 2.75) is 18.9 Å². The van der Waals surface area contributed by atoms with Crippen molar-refractivity contribution in [1.82, 2.24) is 0 Å². The fraction of sp³-hybridized carbons (Fsp3) is 0.500. The minimum atomic E-state index is -0.235. The highest BCUT2D eigenvalue weighted by atomic mass is 79.9. The van der Waals surface area contributed by atoms with E-state index in [0.717, 1.165) is 30.5 Å². The Morgan fingerprint density at radius 1 is 1.38 bits per heavy atom. The molecule has 0 amide bonds. The molecule has 1 aromatic carbocycles. The molecule has 1 aromatic rings. The molecule has 0 radical (unpaired) electrons. The van der Waals surface area contributed by atoms with E-state index in [4.69, 9.17) is 10.5 Å². The van der Waals surface area contributed by atoms with Gasteiger partial charge in [-0.1, -0.05) is 15.9 Å². The average Bonchev–Trinajstić information content (AvgIpc) is 2.32. The maximum absolute atomic E-state index is 13.6. The molecular weight excluding hydrogens is 273 g/mol. The largest absolute Gasteiger partial charge is 0.381 e. The second kappa shape index (κ2) is 5.25. The Labute approximate surface area is 103 Å². The molecule has 1 heterocycles. The van der Waals surface area contributed by atoms with Crippen molar-refractivity contribution >= 4 is 15.9 Å². The lowest BCUT2D eigenvalue weighted by atomic mass is 9.87. The fourth-order valence-electron chi connectivity index (χ4n) is 2.10. The van der Waals surface area contributed by atoms with Crippen molar-refractivity contribution < 1.29 is 9.13 Å². The van der Waals surface area contributed by atoms with Crippen LogP contribution in [0, 0.1) is 11.7 Å². The Morgan fingerprint density at radius 3 is 2.75 bits per heavy atom. The van der Waals surface area contributed by atoms with E-state index in [1.807, 2.05) is 0 Å². The van der Waals surface area contributed by atoms with Crippen molar-refractivity contribution in [3.63, 3.8) is 0 Å². The van der Waals surface area contributed by atoms with E-state index in [1.165, 1.54) is 6.07 Å². The van der Waals surface area contributed by atoms with Crippen molar-refractivity contribution in [3.8, 4) is 0 Å². The van der Waals surface area contributed by atoms with Gasteiger partial charge in [-0.05, 0) is 37.0 Å². The third-order valence-electron chi connectivity index (χ3n) is 3.09. The summed E-state index contributed by atoms with van der Waals surface area (Å²) in [6.07, 6.45) is 1.82. The van der Waals surface area contributed by atoms with Crippen LogP contribution in [0.15, 0.2) is 22.7 Å². The molecule has 2 rings (SSSR count). The minimum absolute atomic E-state index is 0.220. The highest BCUT2D eigenvalue weighted by Gasteiger charge is 2.24. The molecule has 0 unspecified atom stereocenters. The van der Waals surface area contributed by atoms with Gasteiger partial charge in [-0.15, -0.1) is 0 Å². The Hall–Kier alpha value is -0.450. The van der Waals surface area contributed by atoms with Gasteiger partial charge >= 0.3 is 0 Å². The first-order valence-corrected chi connectivity index (χ1v) is 6.26. The molecule has 0 aliphatic carbocycles. The molecule has 2 nitrogen and oxygen atoms in total. The Balaban J connectivity index is 2.18. The van der Waals surface area contributed by atoms with Crippen LogP contribution in [-0.4, -0.2) is 13.2 Å². The molecule has 0 bridgehead atoms. The van der Waals surface area contributed by atoms with Crippen LogP contribution in [0.5, 0.6) is 0 Å². The van der Waals surface area contributed by atoms with Crippen LogP contribution in [-0.2, 0) is 4.74 Å². The molecule has 0 aromatic heterocycles. The minimum Gasteiger partial charge on any atom is -0.381 e. The first-order chi connectivity index (χ1) is 7.68. The van der Waals surface area contributed by atoms with E-state index in [2.05, 4.69) is 15.9 Å². The number of nitrogens with two attached hydrogens (primary N) is 1. The van der Waals surface area contributed by atoms with Crippen molar-refractivity contribution in [2.24, 2.45) is 11.7 Å². The predicted octanol–water partition coefficient (Wildman–Crippen LogP) is 3.01. The van der Waals surface area contributed by atoms with Crippen LogP contribution in [0.3, 0.4) is 0 Å². The second-order valence-corrected chi connectivity index (χ2v) is 5.06. The third kappa shape index (κ3) is 2.62. The predicted molar refractivity (Wildman–Crippen MR) is 64.6 cm³/mol. The molecule has 16 heavy (non-hydrogen) atoms. The molecule has 1 saturated heterocycles. The zero-order valence-corrected chi connectivity index (χ0v) is 10.5. The maximum atomic E-state index is 13.6. The van der Waals surface area contributed by atoms with Crippen LogP contribution >= 0.6 is 15.9 Å². The number of benzene rings is 1. The van der Waals surface area contributed by atoms with Gasteiger partial charge in [0.25, 0.3) is 0 Å². The molecule has 1 aliphatic heterocycles. The van der Waals surface area contributed by atoms with Crippen molar-refractivity contribution in [3.05, 3.63) is 34.1 Å². The Morgan fingerprint density at radius 2 is 2.06 bits per heavy atom. The molecule has 1 aliphatic rings. The lowest BCUT2D eigenvalue weighted by Gasteiger charge is -2.28. The van der Waals surface area contributed by atoms with E-state index in [9.17, 15) is 4.39 Å². The Kier molecular flexibility index (Phi) is 3.95. The summed E-state index contributed by atoms with van der Waals surface area (Å²) in [6, 6.07) is 4.69. The summed E-state index contributed by atoms with van der Waals surface area (Å²) in [4.78, 5) is 0. The lowest BCUT2D eigenvalue weighted by molar-refractivity contribution is 0.0580. The standard InChI is InChI=1S/C12H15BrFNO/c13-9-1-2-11(14)10(7-9)12(15)8-3-5-16-6-4-8/h1-2,7-8,12H,3-6,15H2/t12-/m1/s1. The van der Waals surface area contributed by atoms with Crippen LogP contribution in [0.2, 0.25) is 0 Å². The van der Waals surface area contributed by atoms with Gasteiger partial charge in [-0.2, -0.15) is 0 Å². The van der Waals surface area contributed by atoms with Crippen LogP contribution in [0.4, 0.5) is 4.39 Å². The smallest absolute Gasteiger partial charge is 0.128 e. The quantitative estimate of drug-likeness (QED) is 0.908. The molecule has 88 valence electrons. The van der Waals surface area contributed by atoms with Gasteiger partial charge in [0.15, 0.2) is 0 Å². The van der Waals surface area contributed by atoms with Gasteiger partial charge in [0.05, 0.1) is 0 Å². The normalized spacial score (nSPS) is 19.7. The summed E-state index contributed by atoms with van der Waals surface area (Å²) in [6.45, 7) is 1.46. The number of hydrogen-bond donors (Lipinski definition) is 1. The third-order valence-corrected chi connectivity index (χ3v) is 3.58. The Bertz CT molecular complexity index is 366. The topological polar surface area (TPSA) is 35.2 Å². The van der Waals surface area contributed by atoms with Gasteiger partial charge < -0.3 is 10.5 Å². The average molecular weight is 288 g/mol. The summed E-state index contributed by atoms with van der Waals surface area (Å²) in [5, 5.41) is 0. The van der Waals surface area contributed by atoms with Gasteiger partial charge in [-0.25, -0.2) is 4.39 Å². The maximum Gasteiger partial charge on any atom is 0.128 e. The summed E-state index contributed by atoms with van der Waals surface area (Å²) < 4.78 is 19.8. The van der Waals surface area contributed by atoms with Gasteiger partial charge in [0, 0.05) is 29.3 Å².